The summed E-state index contributed by atoms with van der Waals surface area (Å²) in [4.78, 5) is 1.30. The molecular weight excluding hydrogens is 645 g/mol. The summed E-state index contributed by atoms with van der Waals surface area (Å²) < 4.78 is 146. The number of nitrogens with zero attached hydrogens (tertiary/aromatic N) is 2. The smallest absolute Gasteiger partial charge is 0.143 e. The van der Waals surface area contributed by atoms with Gasteiger partial charge in [-0.25, -0.2) is 0 Å². The number of hydrogen-bond acceptors (Lipinski definition) is 2. The van der Waals surface area contributed by atoms with E-state index in [0.29, 0.717) is 33.0 Å². The second-order valence-electron chi connectivity index (χ2n) is 12.5. The van der Waals surface area contributed by atoms with Crippen molar-refractivity contribution in [3.8, 4) is 16.8 Å². The number of benzene rings is 9. The summed E-state index contributed by atoms with van der Waals surface area (Å²) in [6.45, 7) is 0. The molecule has 2 aromatic heterocycles. The molecule has 0 bridgehead atoms. The van der Waals surface area contributed by atoms with Gasteiger partial charge in [0.2, 0.25) is 0 Å². The van der Waals surface area contributed by atoms with E-state index >= 15 is 0 Å². The van der Waals surface area contributed by atoms with Crippen LogP contribution in [0, 0.1) is 0 Å². The van der Waals surface area contributed by atoms with Gasteiger partial charge in [-0.3, -0.25) is 0 Å². The van der Waals surface area contributed by atoms with E-state index < -0.39 is 118 Å². The zero-order valence-corrected chi connectivity index (χ0v) is 27.6. The lowest BCUT2D eigenvalue weighted by molar-refractivity contribution is 0.672. The molecule has 0 aliphatic carbocycles. The van der Waals surface area contributed by atoms with E-state index in [9.17, 15) is 9.60 Å². The molecule has 3 heteroatoms. The standard InChI is InChI=1S/C50H32N2O/c1-2-14-36-32-37(25-24-33(36)12-1)34-26-29-38(30-27-34)51(47-22-11-23-48-49(47)42-31-28-35-13-3-4-15-39(35)50(42)53-48)45-20-9-10-21-46(45)52-43-18-7-5-16-40(43)41-17-6-8-19-44(41)52/h1-32H/i1D,2D,9D,10D,12D,14D,20D,21D,24D,25D,26D,27D,29D,30D,32D. The summed E-state index contributed by atoms with van der Waals surface area (Å²) in [5.41, 5.74) is 0.197. The van der Waals surface area contributed by atoms with Crippen molar-refractivity contribution in [3.05, 3.63) is 194 Å². The van der Waals surface area contributed by atoms with E-state index in [1.165, 1.54) is 4.90 Å². The van der Waals surface area contributed by atoms with Crippen molar-refractivity contribution in [2.75, 3.05) is 4.90 Å². The normalized spacial score (nSPS) is 15.7. The quantitative estimate of drug-likeness (QED) is 0.179. The molecule has 0 spiro atoms. The average molecular weight is 692 g/mol. The topological polar surface area (TPSA) is 21.3 Å². The molecule has 0 aliphatic heterocycles. The number of furan rings is 1. The molecule has 0 fully saturated rings. The first-order valence-electron chi connectivity index (χ1n) is 24.4. The van der Waals surface area contributed by atoms with Crippen molar-refractivity contribution in [1.29, 1.82) is 0 Å². The van der Waals surface area contributed by atoms with Crippen LogP contribution < -0.4 is 4.90 Å². The Balaban J connectivity index is 1.32. The van der Waals surface area contributed by atoms with Crippen molar-refractivity contribution < 1.29 is 25.0 Å². The van der Waals surface area contributed by atoms with Crippen LogP contribution in [0.3, 0.4) is 0 Å². The molecule has 11 aromatic rings. The van der Waals surface area contributed by atoms with Gasteiger partial charge in [-0.15, -0.1) is 0 Å². The van der Waals surface area contributed by atoms with Gasteiger partial charge in [-0.1, -0.05) is 133 Å². The second-order valence-corrected chi connectivity index (χ2v) is 12.5. The SMILES string of the molecule is [2H]c1c([2H])c([2H])c(-n2c3ccccc3c3ccccc32)c(N(c2c([2H])c([2H])c(-c3c([2H])c([2H])c4c([2H])c([2H])c([2H])c([2H])c4c3[2H])c([2H])c2[2H])c2cccc3oc4c5ccccc5ccc4c23)c1[2H]. The summed E-state index contributed by atoms with van der Waals surface area (Å²) >= 11 is 0. The van der Waals surface area contributed by atoms with E-state index in [0.717, 1.165) is 21.5 Å². The number of aromatic nitrogens is 1. The third-order valence-electron chi connectivity index (χ3n) is 9.62. The third kappa shape index (κ3) is 4.61. The Kier molecular flexibility index (Phi) is 4.07. The zero-order valence-electron chi connectivity index (χ0n) is 42.6. The summed E-state index contributed by atoms with van der Waals surface area (Å²) in [5.74, 6) is 0. The molecule has 11 rings (SSSR count). The molecule has 0 saturated heterocycles. The average Bonchev–Trinajstić information content (AvgIpc) is 3.90. The minimum atomic E-state index is -0.790. The summed E-state index contributed by atoms with van der Waals surface area (Å²) in [5, 5.41) is 3.33. The highest BCUT2D eigenvalue weighted by Gasteiger charge is 2.24. The van der Waals surface area contributed by atoms with E-state index in [4.69, 9.17) is 15.4 Å². The van der Waals surface area contributed by atoms with Crippen LogP contribution in [0.5, 0.6) is 0 Å². The van der Waals surface area contributed by atoms with Crippen molar-refractivity contribution in [2.24, 2.45) is 0 Å². The van der Waals surface area contributed by atoms with Crippen LogP contribution in [0.15, 0.2) is 198 Å². The molecule has 0 saturated carbocycles. The predicted molar refractivity (Wildman–Crippen MR) is 223 cm³/mol. The maximum atomic E-state index is 9.87. The van der Waals surface area contributed by atoms with Gasteiger partial charge in [0.25, 0.3) is 0 Å². The molecule has 2 heterocycles. The lowest BCUT2D eigenvalue weighted by atomic mass is 10.0. The van der Waals surface area contributed by atoms with Crippen LogP contribution >= 0.6 is 0 Å². The predicted octanol–water partition coefficient (Wildman–Crippen LogP) is 14.1. The Morgan fingerprint density at radius 3 is 1.96 bits per heavy atom. The van der Waals surface area contributed by atoms with Crippen molar-refractivity contribution in [1.82, 2.24) is 4.57 Å². The van der Waals surface area contributed by atoms with Crippen LogP contribution in [-0.2, 0) is 0 Å². The van der Waals surface area contributed by atoms with Gasteiger partial charge in [0.15, 0.2) is 0 Å². The fraction of sp³-hybridized carbons (Fsp3) is 0. The zero-order chi connectivity index (χ0) is 47.9. The van der Waals surface area contributed by atoms with Crippen molar-refractivity contribution in [3.63, 3.8) is 0 Å². The van der Waals surface area contributed by atoms with E-state index in [-0.39, 0.29) is 17.1 Å². The number of fused-ring (bicyclic) bond motifs is 9. The van der Waals surface area contributed by atoms with Gasteiger partial charge >= 0.3 is 0 Å². The van der Waals surface area contributed by atoms with Crippen LogP contribution in [0.25, 0.3) is 82.1 Å². The Labute approximate surface area is 327 Å². The first-order chi connectivity index (χ1) is 32.6. The number of anilines is 3. The Bertz CT molecular complexity index is 3990. The maximum Gasteiger partial charge on any atom is 0.143 e. The molecule has 0 atom stereocenters. The minimum absolute atomic E-state index is 0.0750. The highest BCUT2D eigenvalue weighted by molar-refractivity contribution is 6.20. The van der Waals surface area contributed by atoms with Crippen LogP contribution in [-0.4, -0.2) is 4.57 Å². The summed E-state index contributed by atoms with van der Waals surface area (Å²) in [6, 6.07) is 20.8. The molecule has 53 heavy (non-hydrogen) atoms. The van der Waals surface area contributed by atoms with Gasteiger partial charge in [-0.05, 0) is 87.8 Å². The van der Waals surface area contributed by atoms with Crippen LogP contribution in [0.1, 0.15) is 20.6 Å². The van der Waals surface area contributed by atoms with Crippen LogP contribution in [0.2, 0.25) is 0 Å². The molecule has 0 amide bonds. The molecule has 0 aliphatic rings. The molecule has 248 valence electrons. The third-order valence-corrected chi connectivity index (χ3v) is 9.62. The Morgan fingerprint density at radius 2 is 1.15 bits per heavy atom. The number of para-hydroxylation sites is 4. The van der Waals surface area contributed by atoms with E-state index in [1.54, 1.807) is 34.9 Å². The lowest BCUT2D eigenvalue weighted by Gasteiger charge is -2.29. The fourth-order valence-corrected chi connectivity index (χ4v) is 7.31. The molecule has 0 radical (unpaired) electrons. The van der Waals surface area contributed by atoms with Gasteiger partial charge in [0.1, 0.15) is 11.2 Å². The second kappa shape index (κ2) is 11.7. The first-order valence-corrected chi connectivity index (χ1v) is 16.9. The summed E-state index contributed by atoms with van der Waals surface area (Å²) in [6.07, 6.45) is 0. The minimum Gasteiger partial charge on any atom is -0.455 e. The maximum absolute atomic E-state index is 9.87. The summed E-state index contributed by atoms with van der Waals surface area (Å²) in [7, 11) is 0. The molecule has 3 nitrogen and oxygen atoms in total. The van der Waals surface area contributed by atoms with Gasteiger partial charge < -0.3 is 13.9 Å². The van der Waals surface area contributed by atoms with E-state index in [1.807, 2.05) is 72.8 Å². The molecule has 0 unspecified atom stereocenters. The fourth-order valence-electron chi connectivity index (χ4n) is 7.31. The van der Waals surface area contributed by atoms with Gasteiger partial charge in [0.05, 0.1) is 54.0 Å². The molecule has 9 aromatic carbocycles. The number of rotatable bonds is 5. The Hall–Kier alpha value is -7.10. The molecule has 0 N–H and O–H groups in total. The largest absolute Gasteiger partial charge is 0.455 e. The highest BCUT2D eigenvalue weighted by Crippen LogP contribution is 2.47. The van der Waals surface area contributed by atoms with Crippen molar-refractivity contribution >= 4 is 82.4 Å². The Morgan fingerprint density at radius 1 is 0.472 bits per heavy atom. The number of hydrogen-bond donors (Lipinski definition) is 0. The monoisotopic (exact) mass is 691 g/mol. The first kappa shape index (κ1) is 18.4. The van der Waals surface area contributed by atoms with E-state index in [2.05, 4.69) is 0 Å². The van der Waals surface area contributed by atoms with Gasteiger partial charge in [-0.2, -0.15) is 0 Å². The lowest BCUT2D eigenvalue weighted by Crippen LogP contribution is -2.13. The molecular formula is C50H32N2O. The van der Waals surface area contributed by atoms with Crippen LogP contribution in [0.4, 0.5) is 17.1 Å². The van der Waals surface area contributed by atoms with Gasteiger partial charge in [0, 0.05) is 27.2 Å². The van der Waals surface area contributed by atoms with Crippen molar-refractivity contribution in [2.45, 2.75) is 0 Å². The highest BCUT2D eigenvalue weighted by atomic mass is 16.3.